The molecule has 2 rings (SSSR count). The van der Waals surface area contributed by atoms with E-state index in [9.17, 15) is 4.79 Å². The van der Waals surface area contributed by atoms with Crippen molar-refractivity contribution in [3.8, 4) is 0 Å². The van der Waals surface area contributed by atoms with Crippen LogP contribution in [0.4, 0.5) is 5.69 Å². The van der Waals surface area contributed by atoms with Crippen LogP contribution in [0.3, 0.4) is 0 Å². The van der Waals surface area contributed by atoms with Crippen molar-refractivity contribution in [1.29, 1.82) is 0 Å². The van der Waals surface area contributed by atoms with Crippen molar-refractivity contribution < 1.29 is 4.79 Å². The van der Waals surface area contributed by atoms with E-state index < -0.39 is 0 Å². The Bertz CT molecular complexity index is 427. The number of carbonyl (C=O) groups excluding carboxylic acids is 1. The lowest BCUT2D eigenvalue weighted by Gasteiger charge is -2.31. The van der Waals surface area contributed by atoms with Crippen molar-refractivity contribution >= 4 is 11.6 Å². The Morgan fingerprint density at radius 3 is 2.48 bits per heavy atom. The van der Waals surface area contributed by atoms with Crippen molar-refractivity contribution in [2.45, 2.75) is 32.7 Å². The smallest absolute Gasteiger partial charge is 0.239 e. The Kier molecular flexibility index (Phi) is 6.05. The zero-order valence-electron chi connectivity index (χ0n) is 13.1. The Morgan fingerprint density at radius 2 is 1.86 bits per heavy atom. The summed E-state index contributed by atoms with van der Waals surface area (Å²) < 4.78 is 0. The number of nitrogens with one attached hydrogen (secondary N) is 2. The Hall–Kier alpha value is -1.55. The van der Waals surface area contributed by atoms with Crippen LogP contribution in [0.5, 0.6) is 0 Å². The highest BCUT2D eigenvalue weighted by molar-refractivity contribution is 5.80. The van der Waals surface area contributed by atoms with Crippen molar-refractivity contribution in [2.24, 2.45) is 5.92 Å². The van der Waals surface area contributed by atoms with Crippen molar-refractivity contribution in [1.82, 2.24) is 10.2 Å². The minimum Gasteiger partial charge on any atom is -0.376 e. The first kappa shape index (κ1) is 15.8. The lowest BCUT2D eigenvalue weighted by atomic mass is 10.0. The molecular weight excluding hydrogens is 262 g/mol. The summed E-state index contributed by atoms with van der Waals surface area (Å²) in [6, 6.07) is 10.3. The van der Waals surface area contributed by atoms with Crippen LogP contribution in [0.25, 0.3) is 0 Å². The fourth-order valence-electron chi connectivity index (χ4n) is 2.88. The van der Waals surface area contributed by atoms with Crippen LogP contribution in [-0.2, 0) is 4.79 Å². The first-order valence-corrected chi connectivity index (χ1v) is 7.96. The van der Waals surface area contributed by atoms with E-state index in [1.54, 1.807) is 0 Å². The molecular formula is C17H27N3O. The van der Waals surface area contributed by atoms with Gasteiger partial charge in [-0.15, -0.1) is 0 Å². The second kappa shape index (κ2) is 8.03. The molecule has 1 heterocycles. The molecule has 1 aromatic carbocycles. The highest BCUT2D eigenvalue weighted by Crippen LogP contribution is 2.17. The normalized spacial score (nSPS) is 16.9. The van der Waals surface area contributed by atoms with Gasteiger partial charge >= 0.3 is 0 Å². The van der Waals surface area contributed by atoms with Crippen molar-refractivity contribution in [3.63, 3.8) is 0 Å². The van der Waals surface area contributed by atoms with E-state index in [0.717, 1.165) is 12.2 Å². The maximum atomic E-state index is 12.0. The minimum atomic E-state index is 0.0590. The largest absolute Gasteiger partial charge is 0.376 e. The molecule has 1 amide bonds. The molecule has 1 aromatic rings. The van der Waals surface area contributed by atoms with E-state index in [1.807, 2.05) is 30.3 Å². The standard InChI is InChI=1S/C17H27N3O/c1-14(2)16(20-10-6-7-11-20)12-19-17(21)13-18-15-8-4-3-5-9-15/h3-5,8-9,14,16,18H,6-7,10-13H2,1-2H3,(H,19,21). The summed E-state index contributed by atoms with van der Waals surface area (Å²) >= 11 is 0. The van der Waals surface area contributed by atoms with Crippen molar-refractivity contribution in [2.75, 3.05) is 31.5 Å². The molecule has 0 spiro atoms. The van der Waals surface area contributed by atoms with Crippen LogP contribution in [-0.4, -0.2) is 43.0 Å². The number of likely N-dealkylation sites (tertiary alicyclic amines) is 1. The molecule has 1 saturated heterocycles. The van der Waals surface area contributed by atoms with E-state index in [0.29, 0.717) is 18.5 Å². The summed E-state index contributed by atoms with van der Waals surface area (Å²) in [5, 5.41) is 6.21. The fourth-order valence-corrected chi connectivity index (χ4v) is 2.88. The third-order valence-electron chi connectivity index (χ3n) is 4.11. The predicted octanol–water partition coefficient (Wildman–Crippen LogP) is 2.34. The molecule has 116 valence electrons. The summed E-state index contributed by atoms with van der Waals surface area (Å²) in [4.78, 5) is 14.5. The van der Waals surface area contributed by atoms with Crippen LogP contribution in [0.15, 0.2) is 30.3 Å². The highest BCUT2D eigenvalue weighted by Gasteiger charge is 2.24. The monoisotopic (exact) mass is 289 g/mol. The van der Waals surface area contributed by atoms with Gasteiger partial charge in [0.1, 0.15) is 0 Å². The number of rotatable bonds is 7. The Balaban J connectivity index is 1.74. The third-order valence-corrected chi connectivity index (χ3v) is 4.11. The molecule has 1 aliphatic heterocycles. The molecule has 4 heteroatoms. The van der Waals surface area contributed by atoms with Gasteiger partial charge in [0.2, 0.25) is 5.91 Å². The van der Waals surface area contributed by atoms with Crippen LogP contribution < -0.4 is 10.6 Å². The average molecular weight is 289 g/mol. The van der Waals surface area contributed by atoms with Crippen LogP contribution in [0, 0.1) is 5.92 Å². The molecule has 0 aliphatic carbocycles. The summed E-state index contributed by atoms with van der Waals surface area (Å²) in [6.45, 7) is 7.87. The van der Waals surface area contributed by atoms with E-state index in [1.165, 1.54) is 25.9 Å². The molecule has 1 aliphatic rings. The Labute approximate surface area is 127 Å². The molecule has 0 bridgehead atoms. The van der Waals surface area contributed by atoms with Gasteiger partial charge in [0.05, 0.1) is 6.54 Å². The zero-order valence-corrected chi connectivity index (χ0v) is 13.1. The lowest BCUT2D eigenvalue weighted by molar-refractivity contribution is -0.119. The number of amides is 1. The number of hydrogen-bond acceptors (Lipinski definition) is 3. The summed E-state index contributed by atoms with van der Waals surface area (Å²) in [6.07, 6.45) is 2.57. The van der Waals surface area contributed by atoms with Gasteiger partial charge < -0.3 is 10.6 Å². The number of para-hydroxylation sites is 1. The first-order valence-electron chi connectivity index (χ1n) is 7.96. The van der Waals surface area contributed by atoms with Gasteiger partial charge in [-0.05, 0) is 44.0 Å². The molecule has 1 unspecified atom stereocenters. The molecule has 0 radical (unpaired) electrons. The van der Waals surface area contributed by atoms with Gasteiger partial charge in [-0.3, -0.25) is 9.69 Å². The molecule has 2 N–H and O–H groups in total. The fraction of sp³-hybridized carbons (Fsp3) is 0.588. The van der Waals surface area contributed by atoms with Gasteiger partial charge in [0, 0.05) is 18.3 Å². The van der Waals surface area contributed by atoms with Gasteiger partial charge in [0.25, 0.3) is 0 Å². The quantitative estimate of drug-likeness (QED) is 0.810. The first-order chi connectivity index (χ1) is 10.2. The third kappa shape index (κ3) is 5.05. The summed E-state index contributed by atoms with van der Waals surface area (Å²) in [5.41, 5.74) is 0.979. The number of hydrogen-bond donors (Lipinski definition) is 2. The second-order valence-corrected chi connectivity index (χ2v) is 6.08. The SMILES string of the molecule is CC(C)C(CNC(=O)CNc1ccccc1)N1CCCC1. The molecule has 1 fully saturated rings. The predicted molar refractivity (Wildman–Crippen MR) is 87.4 cm³/mol. The zero-order chi connectivity index (χ0) is 15.1. The van der Waals surface area contributed by atoms with Crippen molar-refractivity contribution in [3.05, 3.63) is 30.3 Å². The maximum Gasteiger partial charge on any atom is 0.239 e. The van der Waals surface area contributed by atoms with Crippen LogP contribution >= 0.6 is 0 Å². The molecule has 0 saturated carbocycles. The molecule has 4 nitrogen and oxygen atoms in total. The Morgan fingerprint density at radius 1 is 1.19 bits per heavy atom. The van der Waals surface area contributed by atoms with Gasteiger partial charge in [0.15, 0.2) is 0 Å². The molecule has 0 aromatic heterocycles. The lowest BCUT2D eigenvalue weighted by Crippen LogP contribution is -2.46. The number of benzene rings is 1. The number of nitrogens with zero attached hydrogens (tertiary/aromatic N) is 1. The number of carbonyl (C=O) groups is 1. The average Bonchev–Trinajstić information content (AvgIpc) is 3.00. The van der Waals surface area contributed by atoms with Gasteiger partial charge in [-0.2, -0.15) is 0 Å². The van der Waals surface area contributed by atoms with Crippen LogP contribution in [0.2, 0.25) is 0 Å². The van der Waals surface area contributed by atoms with E-state index in [2.05, 4.69) is 29.4 Å². The highest BCUT2D eigenvalue weighted by atomic mass is 16.1. The number of anilines is 1. The van der Waals surface area contributed by atoms with E-state index in [4.69, 9.17) is 0 Å². The van der Waals surface area contributed by atoms with E-state index >= 15 is 0 Å². The van der Waals surface area contributed by atoms with Gasteiger partial charge in [-0.25, -0.2) is 0 Å². The second-order valence-electron chi connectivity index (χ2n) is 6.08. The molecule has 21 heavy (non-hydrogen) atoms. The van der Waals surface area contributed by atoms with Gasteiger partial charge in [-0.1, -0.05) is 32.0 Å². The minimum absolute atomic E-state index is 0.0590. The summed E-state index contributed by atoms with van der Waals surface area (Å²) in [7, 11) is 0. The summed E-state index contributed by atoms with van der Waals surface area (Å²) in [5.74, 6) is 0.620. The maximum absolute atomic E-state index is 12.0. The van der Waals surface area contributed by atoms with E-state index in [-0.39, 0.29) is 5.91 Å². The molecule has 1 atom stereocenters. The van der Waals surface area contributed by atoms with Crippen LogP contribution in [0.1, 0.15) is 26.7 Å². The topological polar surface area (TPSA) is 44.4 Å².